The van der Waals surface area contributed by atoms with E-state index in [9.17, 15) is 4.79 Å². The highest BCUT2D eigenvalue weighted by Gasteiger charge is 2.32. The molecule has 24 heavy (non-hydrogen) atoms. The minimum Gasteiger partial charge on any atom is -0.297 e. The quantitative estimate of drug-likeness (QED) is 0.856. The first-order chi connectivity index (χ1) is 11.4. The number of hydrogen-bond acceptors (Lipinski definition) is 3. The van der Waals surface area contributed by atoms with Crippen molar-refractivity contribution in [1.82, 2.24) is 9.97 Å². The van der Waals surface area contributed by atoms with Crippen LogP contribution in [0.15, 0.2) is 30.3 Å². The Balaban J connectivity index is 1.71. The Hall–Kier alpha value is -2.23. The maximum atomic E-state index is 12.4. The predicted molar refractivity (Wildman–Crippen MR) is 96.2 cm³/mol. The zero-order valence-electron chi connectivity index (χ0n) is 14.9. The predicted octanol–water partition coefficient (Wildman–Crippen LogP) is 3.95. The first-order valence-electron chi connectivity index (χ1n) is 8.62. The van der Waals surface area contributed by atoms with E-state index in [0.29, 0.717) is 18.3 Å². The van der Waals surface area contributed by atoms with Crippen molar-refractivity contribution in [2.24, 2.45) is 5.92 Å². The van der Waals surface area contributed by atoms with E-state index in [1.165, 1.54) is 5.56 Å². The van der Waals surface area contributed by atoms with E-state index in [4.69, 9.17) is 4.98 Å². The molecule has 4 heteroatoms. The van der Waals surface area contributed by atoms with Crippen molar-refractivity contribution in [2.45, 2.75) is 46.5 Å². The van der Waals surface area contributed by atoms with E-state index >= 15 is 0 Å². The lowest BCUT2D eigenvalue weighted by Gasteiger charge is -2.19. The molecule has 2 aromatic rings. The largest absolute Gasteiger partial charge is 0.297 e. The number of carbonyl (C=O) groups is 1. The number of anilines is 1. The molecule has 4 nitrogen and oxygen atoms in total. The second-order valence-corrected chi connectivity index (χ2v) is 7.00. The van der Waals surface area contributed by atoms with Crippen LogP contribution in [0.4, 0.5) is 5.82 Å². The van der Waals surface area contributed by atoms with E-state index in [1.54, 1.807) is 0 Å². The van der Waals surface area contributed by atoms with Gasteiger partial charge in [0.25, 0.3) is 0 Å². The summed E-state index contributed by atoms with van der Waals surface area (Å²) in [5.74, 6) is 1.67. The molecule has 1 aliphatic rings. The van der Waals surface area contributed by atoms with Gasteiger partial charge in [-0.25, -0.2) is 4.98 Å². The van der Waals surface area contributed by atoms with Crippen LogP contribution in [0.3, 0.4) is 0 Å². The van der Waals surface area contributed by atoms with Crippen molar-refractivity contribution >= 4 is 11.7 Å². The Morgan fingerprint density at radius 1 is 1.12 bits per heavy atom. The molecule has 3 rings (SSSR count). The van der Waals surface area contributed by atoms with Crippen LogP contribution in [-0.2, 0) is 4.79 Å². The second kappa shape index (κ2) is 6.71. The van der Waals surface area contributed by atoms with E-state index in [-0.39, 0.29) is 5.91 Å². The van der Waals surface area contributed by atoms with E-state index in [0.717, 1.165) is 35.9 Å². The molecule has 126 valence electrons. The number of aromatic nitrogens is 2. The molecule has 2 unspecified atom stereocenters. The summed E-state index contributed by atoms with van der Waals surface area (Å²) in [6, 6.07) is 10.0. The average molecular weight is 323 g/mol. The van der Waals surface area contributed by atoms with Crippen LogP contribution in [0.25, 0.3) is 0 Å². The Kier molecular flexibility index (Phi) is 4.65. The van der Waals surface area contributed by atoms with Crippen LogP contribution in [0.1, 0.15) is 48.3 Å². The van der Waals surface area contributed by atoms with Crippen LogP contribution in [0, 0.1) is 26.7 Å². The minimum atomic E-state index is 0.180. The number of amides is 1. The minimum absolute atomic E-state index is 0.180. The summed E-state index contributed by atoms with van der Waals surface area (Å²) in [4.78, 5) is 23.4. The van der Waals surface area contributed by atoms with Crippen LogP contribution >= 0.6 is 0 Å². The van der Waals surface area contributed by atoms with Gasteiger partial charge in [-0.3, -0.25) is 14.7 Å². The van der Waals surface area contributed by atoms with Gasteiger partial charge >= 0.3 is 0 Å². The van der Waals surface area contributed by atoms with Crippen molar-refractivity contribution in [3.63, 3.8) is 0 Å². The van der Waals surface area contributed by atoms with Gasteiger partial charge in [0.1, 0.15) is 5.82 Å². The smallest absolute Gasteiger partial charge is 0.228 e. The maximum absolute atomic E-state index is 12.4. The topological polar surface area (TPSA) is 46.1 Å². The van der Waals surface area contributed by atoms with Gasteiger partial charge in [-0.05, 0) is 62.8 Å². The third-order valence-corrected chi connectivity index (χ3v) is 4.78. The van der Waals surface area contributed by atoms with Crippen LogP contribution in [0.5, 0.6) is 0 Å². The van der Waals surface area contributed by atoms with E-state index < -0.39 is 0 Å². The van der Waals surface area contributed by atoms with Gasteiger partial charge in [0, 0.05) is 30.0 Å². The molecule has 0 bridgehead atoms. The Morgan fingerprint density at radius 3 is 2.62 bits per heavy atom. The number of pyridine rings is 2. The highest BCUT2D eigenvalue weighted by atomic mass is 16.2. The lowest BCUT2D eigenvalue weighted by Crippen LogP contribution is -2.25. The standard InChI is InChI=1S/C20H25N3O/c1-13-8-9-16(4)22-20(13)14(2)10-17-11-19(24)23(12-17)18-7-5-6-15(3)21-18/h5-9,14,17H,10-12H2,1-4H3. The van der Waals surface area contributed by atoms with Gasteiger partial charge in [-0.15, -0.1) is 0 Å². The highest BCUT2D eigenvalue weighted by Crippen LogP contribution is 2.32. The summed E-state index contributed by atoms with van der Waals surface area (Å²) >= 11 is 0. The van der Waals surface area contributed by atoms with Gasteiger partial charge in [0.05, 0.1) is 0 Å². The summed E-state index contributed by atoms with van der Waals surface area (Å²) in [6.07, 6.45) is 1.58. The SMILES string of the molecule is Cc1cccc(N2CC(CC(C)c3nc(C)ccc3C)CC2=O)n1. The summed E-state index contributed by atoms with van der Waals surface area (Å²) < 4.78 is 0. The van der Waals surface area contributed by atoms with E-state index in [2.05, 4.69) is 31.0 Å². The second-order valence-electron chi connectivity index (χ2n) is 7.00. The van der Waals surface area contributed by atoms with Crippen molar-refractivity contribution < 1.29 is 4.79 Å². The fraction of sp³-hybridized carbons (Fsp3) is 0.450. The number of nitrogens with zero attached hydrogens (tertiary/aromatic N) is 3. The summed E-state index contributed by atoms with van der Waals surface area (Å²) in [6.45, 7) is 9.06. The molecule has 0 radical (unpaired) electrons. The molecule has 0 aromatic carbocycles. The van der Waals surface area contributed by atoms with Gasteiger partial charge < -0.3 is 0 Å². The normalized spacial score (nSPS) is 18.9. The Morgan fingerprint density at radius 2 is 1.88 bits per heavy atom. The molecular formula is C20H25N3O. The lowest BCUT2D eigenvalue weighted by atomic mass is 9.90. The van der Waals surface area contributed by atoms with Gasteiger partial charge in [0.2, 0.25) is 5.91 Å². The number of hydrogen-bond donors (Lipinski definition) is 0. The lowest BCUT2D eigenvalue weighted by molar-refractivity contribution is -0.117. The molecule has 0 N–H and O–H groups in total. The maximum Gasteiger partial charge on any atom is 0.228 e. The van der Waals surface area contributed by atoms with Gasteiger partial charge in [0.15, 0.2) is 0 Å². The zero-order chi connectivity index (χ0) is 17.3. The fourth-order valence-corrected chi connectivity index (χ4v) is 3.60. The van der Waals surface area contributed by atoms with Crippen molar-refractivity contribution in [3.05, 3.63) is 53.0 Å². The molecule has 0 aliphatic carbocycles. The average Bonchev–Trinajstić information content (AvgIpc) is 2.90. The molecule has 1 amide bonds. The number of aryl methyl sites for hydroxylation is 3. The van der Waals surface area contributed by atoms with Crippen molar-refractivity contribution in [3.8, 4) is 0 Å². The third kappa shape index (κ3) is 3.48. The van der Waals surface area contributed by atoms with Crippen LogP contribution in [-0.4, -0.2) is 22.4 Å². The molecule has 0 saturated carbocycles. The first-order valence-corrected chi connectivity index (χ1v) is 8.62. The zero-order valence-corrected chi connectivity index (χ0v) is 14.9. The molecule has 3 heterocycles. The molecule has 1 saturated heterocycles. The van der Waals surface area contributed by atoms with Gasteiger partial charge in [-0.2, -0.15) is 0 Å². The van der Waals surface area contributed by atoms with Crippen LogP contribution in [0.2, 0.25) is 0 Å². The summed E-state index contributed by atoms with van der Waals surface area (Å²) in [7, 11) is 0. The number of carbonyl (C=O) groups excluding carboxylic acids is 1. The molecule has 2 atom stereocenters. The van der Waals surface area contributed by atoms with Crippen molar-refractivity contribution in [2.75, 3.05) is 11.4 Å². The molecule has 0 spiro atoms. The van der Waals surface area contributed by atoms with E-state index in [1.807, 2.05) is 36.9 Å². The molecule has 2 aromatic heterocycles. The highest BCUT2D eigenvalue weighted by molar-refractivity contribution is 5.94. The molecular weight excluding hydrogens is 298 g/mol. The summed E-state index contributed by atoms with van der Waals surface area (Å²) in [5, 5.41) is 0. The Bertz CT molecular complexity index is 756. The van der Waals surface area contributed by atoms with Gasteiger partial charge in [-0.1, -0.05) is 19.1 Å². The third-order valence-electron chi connectivity index (χ3n) is 4.78. The number of rotatable bonds is 4. The van der Waals surface area contributed by atoms with Crippen LogP contribution < -0.4 is 4.90 Å². The van der Waals surface area contributed by atoms with Crippen molar-refractivity contribution in [1.29, 1.82) is 0 Å². The fourth-order valence-electron chi connectivity index (χ4n) is 3.60. The Labute approximate surface area is 143 Å². The molecule has 1 fully saturated rings. The summed E-state index contributed by atoms with van der Waals surface area (Å²) in [5.41, 5.74) is 4.39. The molecule has 1 aliphatic heterocycles. The first kappa shape index (κ1) is 16.6. The monoisotopic (exact) mass is 323 g/mol.